The maximum atomic E-state index is 12.8. The molecule has 0 radical (unpaired) electrons. The molecule has 1 atom stereocenters. The summed E-state index contributed by atoms with van der Waals surface area (Å²) in [6, 6.07) is 3.33. The maximum Gasteiger partial charge on any atom is 0.408 e. The summed E-state index contributed by atoms with van der Waals surface area (Å²) in [6.07, 6.45) is 2.33. The molecule has 0 unspecified atom stereocenters. The minimum atomic E-state index is -1.00. The third-order valence-electron chi connectivity index (χ3n) is 3.42. The van der Waals surface area contributed by atoms with Gasteiger partial charge in [0.1, 0.15) is 23.1 Å². The van der Waals surface area contributed by atoms with Crippen LogP contribution >= 0.6 is 0 Å². The van der Waals surface area contributed by atoms with Crippen LogP contribution in [0.3, 0.4) is 0 Å². The Hall–Kier alpha value is -3.30. The number of rotatable bonds is 5. The maximum absolute atomic E-state index is 12.8. The Balaban J connectivity index is 2.08. The molecule has 2 aromatic heterocycles. The van der Waals surface area contributed by atoms with Crippen molar-refractivity contribution >= 4 is 18.0 Å². The summed E-state index contributed by atoms with van der Waals surface area (Å²) in [5, 5.41) is 9.72. The highest BCUT2D eigenvalue weighted by atomic mass is 16.6. The Labute approximate surface area is 162 Å². The number of carbonyl (C=O) groups excluding carboxylic acids is 3. The number of aryl methyl sites for hydroxylation is 1. The zero-order chi connectivity index (χ0) is 20.9. The van der Waals surface area contributed by atoms with Gasteiger partial charge in [-0.2, -0.15) is 5.01 Å². The molecule has 4 amide bonds. The Morgan fingerprint density at radius 3 is 2.46 bits per heavy atom. The van der Waals surface area contributed by atoms with Crippen molar-refractivity contribution in [2.75, 3.05) is 5.01 Å². The van der Waals surface area contributed by atoms with Crippen LogP contribution in [-0.4, -0.2) is 39.5 Å². The van der Waals surface area contributed by atoms with Crippen LogP contribution in [0.4, 0.5) is 9.59 Å². The number of ether oxygens (including phenoxy) is 1. The summed E-state index contributed by atoms with van der Waals surface area (Å²) in [7, 11) is 0. The average Bonchev–Trinajstić information content (AvgIpc) is 3.23. The van der Waals surface area contributed by atoms with Gasteiger partial charge in [-0.1, -0.05) is 5.16 Å². The molecule has 28 heavy (non-hydrogen) atoms. The van der Waals surface area contributed by atoms with Crippen molar-refractivity contribution in [2.24, 2.45) is 0 Å². The number of amides is 4. The average molecular weight is 391 g/mol. The van der Waals surface area contributed by atoms with Gasteiger partial charge in [0.05, 0.1) is 6.54 Å². The van der Waals surface area contributed by atoms with Gasteiger partial charge in [-0.05, 0) is 46.8 Å². The fourth-order valence-corrected chi connectivity index (χ4v) is 2.25. The van der Waals surface area contributed by atoms with Crippen LogP contribution in [0, 0.1) is 6.92 Å². The molecule has 10 heteroatoms. The highest BCUT2D eigenvalue weighted by Crippen LogP contribution is 2.08. The first kappa shape index (κ1) is 21.0. The van der Waals surface area contributed by atoms with E-state index in [1.54, 1.807) is 45.9 Å². The first-order valence-corrected chi connectivity index (χ1v) is 8.73. The number of hydrogen-bond acceptors (Lipinski definition) is 6. The minimum absolute atomic E-state index is 0.0785. The number of hydrogen-bond donors (Lipinski definition) is 2. The second-order valence-corrected chi connectivity index (χ2v) is 7.17. The van der Waals surface area contributed by atoms with E-state index >= 15 is 0 Å². The summed E-state index contributed by atoms with van der Waals surface area (Å²) in [6.45, 7) is 8.42. The third kappa shape index (κ3) is 5.86. The quantitative estimate of drug-likeness (QED) is 0.805. The zero-order valence-electron chi connectivity index (χ0n) is 16.6. The van der Waals surface area contributed by atoms with Crippen LogP contribution in [0.1, 0.15) is 39.1 Å². The van der Waals surface area contributed by atoms with E-state index in [1.807, 2.05) is 0 Å². The molecule has 0 spiro atoms. The monoisotopic (exact) mass is 391 g/mol. The third-order valence-corrected chi connectivity index (χ3v) is 3.42. The number of alkyl carbamates (subject to hydrolysis) is 1. The molecule has 2 aromatic rings. The highest BCUT2D eigenvalue weighted by molar-refractivity contribution is 6.10. The standard InChI is InChI=1S/C18H25N5O5/c1-12-10-14(21-28-12)11-19-16(25)23(22-8-6-7-9-22)15(24)13(2)20-17(26)27-18(3,4)5/h6-10,13H,11H2,1-5H3,(H,19,25)(H,20,26)/t13-/m0/s1. The molecule has 2 N–H and O–H groups in total. The Kier molecular flexibility index (Phi) is 6.45. The van der Waals surface area contributed by atoms with Gasteiger partial charge in [0.15, 0.2) is 0 Å². The van der Waals surface area contributed by atoms with Crippen LogP contribution in [-0.2, 0) is 16.1 Å². The summed E-state index contributed by atoms with van der Waals surface area (Å²) >= 11 is 0. The predicted octanol–water partition coefficient (Wildman–Crippen LogP) is 2.07. The lowest BCUT2D eigenvalue weighted by atomic mass is 10.2. The Bertz CT molecular complexity index is 822. The van der Waals surface area contributed by atoms with Crippen molar-refractivity contribution in [2.45, 2.75) is 52.8 Å². The summed E-state index contributed by atoms with van der Waals surface area (Å²) < 4.78 is 11.4. The zero-order valence-corrected chi connectivity index (χ0v) is 16.6. The molecule has 0 fully saturated rings. The Morgan fingerprint density at radius 1 is 1.29 bits per heavy atom. The van der Waals surface area contributed by atoms with Crippen molar-refractivity contribution in [1.29, 1.82) is 0 Å². The van der Waals surface area contributed by atoms with E-state index in [-0.39, 0.29) is 6.54 Å². The Morgan fingerprint density at radius 2 is 1.93 bits per heavy atom. The number of urea groups is 1. The molecule has 10 nitrogen and oxygen atoms in total. The van der Waals surface area contributed by atoms with E-state index in [2.05, 4.69) is 15.8 Å². The largest absolute Gasteiger partial charge is 0.444 e. The van der Waals surface area contributed by atoms with E-state index in [0.29, 0.717) is 11.5 Å². The van der Waals surface area contributed by atoms with Gasteiger partial charge < -0.3 is 19.9 Å². The molecule has 0 saturated heterocycles. The molecule has 152 valence electrons. The molecule has 0 aliphatic heterocycles. The van der Waals surface area contributed by atoms with Gasteiger partial charge in [-0.15, -0.1) is 0 Å². The van der Waals surface area contributed by atoms with Crippen molar-refractivity contribution in [3.05, 3.63) is 42.0 Å². The van der Waals surface area contributed by atoms with E-state index in [9.17, 15) is 14.4 Å². The second-order valence-electron chi connectivity index (χ2n) is 7.17. The SMILES string of the molecule is Cc1cc(CNC(=O)N(C(=O)[C@H](C)NC(=O)OC(C)(C)C)n2cccc2)no1. The molecular formula is C18H25N5O5. The number of nitrogens with one attached hydrogen (secondary N) is 2. The fraction of sp³-hybridized carbons (Fsp3) is 0.444. The van der Waals surface area contributed by atoms with Gasteiger partial charge in [0.25, 0.3) is 5.91 Å². The van der Waals surface area contributed by atoms with Gasteiger partial charge >= 0.3 is 12.1 Å². The number of aromatic nitrogens is 2. The topological polar surface area (TPSA) is 119 Å². The van der Waals surface area contributed by atoms with Crippen molar-refractivity contribution < 1.29 is 23.6 Å². The van der Waals surface area contributed by atoms with Crippen LogP contribution in [0.25, 0.3) is 0 Å². The van der Waals surface area contributed by atoms with E-state index in [0.717, 1.165) is 5.01 Å². The second kappa shape index (κ2) is 8.59. The number of carbonyl (C=O) groups is 3. The van der Waals surface area contributed by atoms with Gasteiger partial charge in [-0.25, -0.2) is 9.59 Å². The van der Waals surface area contributed by atoms with Crippen LogP contribution in [0.2, 0.25) is 0 Å². The van der Waals surface area contributed by atoms with Crippen LogP contribution < -0.4 is 15.6 Å². The van der Waals surface area contributed by atoms with Crippen LogP contribution in [0.15, 0.2) is 35.1 Å². The minimum Gasteiger partial charge on any atom is -0.444 e. The van der Waals surface area contributed by atoms with Gasteiger partial charge in [0.2, 0.25) is 0 Å². The van der Waals surface area contributed by atoms with E-state index < -0.39 is 29.7 Å². The molecule has 2 rings (SSSR count). The molecule has 2 heterocycles. The summed E-state index contributed by atoms with van der Waals surface area (Å²) in [4.78, 5) is 37.4. The molecule has 0 saturated carbocycles. The van der Waals surface area contributed by atoms with Gasteiger partial charge in [0, 0.05) is 18.5 Å². The predicted molar refractivity (Wildman–Crippen MR) is 100.0 cm³/mol. The smallest absolute Gasteiger partial charge is 0.408 e. The number of nitrogens with zero attached hydrogens (tertiary/aromatic N) is 3. The van der Waals surface area contributed by atoms with Gasteiger partial charge in [-0.3, -0.25) is 9.47 Å². The molecule has 0 bridgehead atoms. The lowest BCUT2D eigenvalue weighted by molar-refractivity contribution is -0.120. The highest BCUT2D eigenvalue weighted by Gasteiger charge is 2.30. The fourth-order valence-electron chi connectivity index (χ4n) is 2.25. The normalized spacial score (nSPS) is 12.2. The first-order chi connectivity index (χ1) is 13.1. The number of imide groups is 1. The molecular weight excluding hydrogens is 366 g/mol. The first-order valence-electron chi connectivity index (χ1n) is 8.73. The van der Waals surface area contributed by atoms with Crippen molar-refractivity contribution in [3.63, 3.8) is 0 Å². The van der Waals surface area contributed by atoms with E-state index in [1.165, 1.54) is 24.0 Å². The lowest BCUT2D eigenvalue weighted by Gasteiger charge is -2.26. The van der Waals surface area contributed by atoms with Crippen molar-refractivity contribution in [3.8, 4) is 0 Å². The molecule has 0 aliphatic rings. The van der Waals surface area contributed by atoms with Crippen LogP contribution in [0.5, 0.6) is 0 Å². The molecule has 0 aliphatic carbocycles. The summed E-state index contributed by atoms with van der Waals surface area (Å²) in [5.74, 6) is -0.0336. The molecule has 0 aromatic carbocycles. The summed E-state index contributed by atoms with van der Waals surface area (Å²) in [5.41, 5.74) is -0.189. The lowest BCUT2D eigenvalue weighted by Crippen LogP contribution is -2.56. The van der Waals surface area contributed by atoms with Crippen molar-refractivity contribution in [1.82, 2.24) is 20.5 Å². The van der Waals surface area contributed by atoms with E-state index in [4.69, 9.17) is 9.26 Å².